The van der Waals surface area contributed by atoms with Gasteiger partial charge >= 0.3 is 364 Å². The van der Waals surface area contributed by atoms with Crippen LogP contribution in [0.25, 0.3) is 77.6 Å². The summed E-state index contributed by atoms with van der Waals surface area (Å²) in [5, 5.41) is 12.1. The normalized spacial score (nSPS) is 11.3. The zero-order valence-electron chi connectivity index (χ0n) is 35.6. The van der Waals surface area contributed by atoms with Gasteiger partial charge in [-0.05, 0) is 0 Å². The summed E-state index contributed by atoms with van der Waals surface area (Å²) >= 11 is -3.63. The van der Waals surface area contributed by atoms with Gasteiger partial charge in [-0.25, -0.2) is 0 Å². The summed E-state index contributed by atoms with van der Waals surface area (Å²) in [4.78, 5) is 19.4. The number of fused-ring (bicyclic) bond motifs is 3. The Morgan fingerprint density at radius 3 is 1.44 bits per heavy atom. The molecule has 0 fully saturated rings. The van der Waals surface area contributed by atoms with Gasteiger partial charge in [0.05, 0.1) is 6.57 Å². The predicted octanol–water partition coefficient (Wildman–Crippen LogP) is 11.4. The van der Waals surface area contributed by atoms with Crippen LogP contribution in [-0.4, -0.2) is 32.8 Å². The van der Waals surface area contributed by atoms with Gasteiger partial charge in [0.25, 0.3) is 0 Å². The van der Waals surface area contributed by atoms with E-state index in [0.29, 0.717) is 28.7 Å². The minimum atomic E-state index is -3.63. The third kappa shape index (κ3) is 7.03. The van der Waals surface area contributed by atoms with Crippen LogP contribution in [0.4, 0.5) is 5.69 Å². The molecule has 0 N–H and O–H groups in total. The van der Waals surface area contributed by atoms with Crippen LogP contribution in [0.2, 0.25) is 0 Å². The molecule has 0 amide bonds. The molecule has 0 saturated carbocycles. The third-order valence-corrected chi connectivity index (χ3v) is 22.5. The Morgan fingerprint density at radius 1 is 0.424 bits per heavy atom. The van der Waals surface area contributed by atoms with Crippen LogP contribution in [0.15, 0.2) is 231 Å². The van der Waals surface area contributed by atoms with Gasteiger partial charge in [-0.15, -0.1) is 0 Å². The van der Waals surface area contributed by atoms with E-state index in [-0.39, 0.29) is 0 Å². The van der Waals surface area contributed by atoms with Gasteiger partial charge in [0.1, 0.15) is 0 Å². The number of hydrogen-bond donors (Lipinski definition) is 0. The molecule has 11 rings (SSSR count). The van der Waals surface area contributed by atoms with E-state index in [9.17, 15) is 5.26 Å². The number of rotatable bonds is 9. The van der Waals surface area contributed by atoms with Crippen LogP contribution in [0.3, 0.4) is 0 Å². The summed E-state index contributed by atoms with van der Waals surface area (Å²) in [7, 11) is 0. The molecule has 2 heterocycles. The van der Waals surface area contributed by atoms with Gasteiger partial charge in [-0.2, -0.15) is 5.26 Å². The first-order valence-corrected chi connectivity index (χ1v) is 26.0. The molecule has 0 aliphatic heterocycles. The monoisotopic (exact) mass is 904 g/mol. The quantitative estimate of drug-likeness (QED) is 0.107. The zero-order valence-corrected chi connectivity index (χ0v) is 37.7. The molecular weight excluding hydrogens is 865 g/mol. The van der Waals surface area contributed by atoms with Crippen molar-refractivity contribution in [2.75, 3.05) is 0 Å². The number of benzene rings is 9. The Kier molecular flexibility index (Phi) is 10.4. The molecule has 308 valence electrons. The van der Waals surface area contributed by atoms with E-state index < -0.39 is 13.3 Å². The van der Waals surface area contributed by atoms with Crippen molar-refractivity contribution in [3.8, 4) is 57.0 Å². The van der Waals surface area contributed by atoms with Crippen molar-refractivity contribution < 1.29 is 0 Å². The van der Waals surface area contributed by atoms with Crippen LogP contribution in [-0.2, 0) is 0 Å². The molecule has 0 radical (unpaired) electrons. The molecule has 0 aliphatic carbocycles. The second kappa shape index (κ2) is 17.1. The Balaban J connectivity index is 1.21. The first-order chi connectivity index (χ1) is 32.6. The molecule has 7 heteroatoms. The molecule has 0 saturated heterocycles. The van der Waals surface area contributed by atoms with Crippen LogP contribution in [0.5, 0.6) is 0 Å². The number of aromatic nitrogens is 4. The van der Waals surface area contributed by atoms with Crippen molar-refractivity contribution >= 4 is 58.3 Å². The molecule has 0 spiro atoms. The first-order valence-electron chi connectivity index (χ1n) is 21.8. The first kappa shape index (κ1) is 40.1. The molecule has 0 unspecified atom stereocenters. The molecule has 66 heavy (non-hydrogen) atoms. The topological polar surface area (TPSA) is 71.8 Å². The summed E-state index contributed by atoms with van der Waals surface area (Å²) in [5.74, 6) is 1.59. The molecule has 2 aromatic heterocycles. The number of nitrogens with zero attached hydrogens (tertiary/aromatic N) is 6. The van der Waals surface area contributed by atoms with E-state index in [1.807, 2.05) is 97.1 Å². The second-order valence-electron chi connectivity index (χ2n) is 16.2. The maximum atomic E-state index is 10.2. The van der Waals surface area contributed by atoms with Crippen molar-refractivity contribution in [1.82, 2.24) is 19.5 Å². The van der Waals surface area contributed by atoms with Crippen molar-refractivity contribution in [3.63, 3.8) is 0 Å². The molecular formula is C59H38GeN6. The third-order valence-electron chi connectivity index (χ3n) is 12.4. The van der Waals surface area contributed by atoms with E-state index in [1.165, 1.54) is 17.6 Å². The molecule has 0 aliphatic rings. The Labute approximate surface area is 385 Å². The molecule has 9 aromatic carbocycles. The average Bonchev–Trinajstić information content (AvgIpc) is 3.72. The van der Waals surface area contributed by atoms with Crippen molar-refractivity contribution in [3.05, 3.63) is 248 Å². The Hall–Kier alpha value is -8.69. The molecule has 11 aromatic rings. The van der Waals surface area contributed by atoms with Crippen LogP contribution in [0.1, 0.15) is 5.56 Å². The van der Waals surface area contributed by atoms with Gasteiger partial charge in [-0.1, -0.05) is 12.1 Å². The SMILES string of the molecule is [C-]#[N+]c1ccc2c3ccc(C#N)cc3n(-c3ccc(-c4ccc[c]([Ge]([c]5ccccc5)([c]5ccccc5)[c]5ccccc5)c4)cc3-c3nc(-c4ccccc4)nc(-c4ccccc4)n3)c2c1. The van der Waals surface area contributed by atoms with Crippen molar-refractivity contribution in [2.45, 2.75) is 0 Å². The Morgan fingerprint density at radius 2 is 0.894 bits per heavy atom. The summed E-state index contributed by atoms with van der Waals surface area (Å²) in [6.07, 6.45) is 0. The van der Waals surface area contributed by atoms with E-state index >= 15 is 0 Å². The number of hydrogen-bond acceptors (Lipinski definition) is 4. The summed E-state index contributed by atoms with van der Waals surface area (Å²) < 4.78 is 7.49. The van der Waals surface area contributed by atoms with E-state index in [4.69, 9.17) is 21.5 Å². The van der Waals surface area contributed by atoms with Gasteiger partial charge < -0.3 is 0 Å². The standard InChI is InChI=1S/C59H38GeN6/c1-62-50-32-34-52-51-33-30-41(40-61)36-55(51)66(56(52)39-50)54-35-31-45(38-53(54)59-64-57(42-18-7-2-8-19-42)63-58(65-59)43-20-9-3-10-21-43)44-22-17-29-49(37-44)60(46-23-11-4-12-24-46,47-25-13-5-14-26-47)48-27-15-6-16-28-48/h2-39H. The minimum absolute atomic E-state index is 0.494. The molecule has 0 atom stereocenters. The van der Waals surface area contributed by atoms with Gasteiger partial charge in [0.15, 0.2) is 0 Å². The van der Waals surface area contributed by atoms with E-state index in [1.54, 1.807) is 0 Å². The summed E-state index contributed by atoms with van der Waals surface area (Å²) in [5.41, 5.74) is 8.10. The van der Waals surface area contributed by atoms with Crippen LogP contribution < -0.4 is 17.6 Å². The maximum absolute atomic E-state index is 10.2. The van der Waals surface area contributed by atoms with E-state index in [0.717, 1.165) is 55.3 Å². The zero-order chi connectivity index (χ0) is 44.5. The van der Waals surface area contributed by atoms with Crippen molar-refractivity contribution in [2.24, 2.45) is 0 Å². The second-order valence-corrected chi connectivity index (χ2v) is 24.2. The fourth-order valence-corrected chi connectivity index (χ4v) is 19.5. The predicted molar refractivity (Wildman–Crippen MR) is 271 cm³/mol. The van der Waals surface area contributed by atoms with Gasteiger partial charge in [0.2, 0.25) is 0 Å². The molecule has 0 bridgehead atoms. The van der Waals surface area contributed by atoms with E-state index in [2.05, 4.69) is 149 Å². The summed E-state index contributed by atoms with van der Waals surface area (Å²) in [6.45, 7) is 7.98. The van der Waals surface area contributed by atoms with Gasteiger partial charge in [0, 0.05) is 0 Å². The fraction of sp³-hybridized carbons (Fsp3) is 0. The van der Waals surface area contributed by atoms with Crippen LogP contribution >= 0.6 is 0 Å². The van der Waals surface area contributed by atoms with Gasteiger partial charge in [-0.3, -0.25) is 0 Å². The Bertz CT molecular complexity index is 3430. The van der Waals surface area contributed by atoms with Crippen LogP contribution in [0, 0.1) is 17.9 Å². The van der Waals surface area contributed by atoms with Crippen molar-refractivity contribution in [1.29, 1.82) is 5.26 Å². The average molecular weight is 904 g/mol. The fourth-order valence-electron chi connectivity index (χ4n) is 9.42. The number of nitriles is 1. The summed E-state index contributed by atoms with van der Waals surface area (Å²) in [6, 6.07) is 82.6. The molecule has 6 nitrogen and oxygen atoms in total.